The fourth-order valence-electron chi connectivity index (χ4n) is 2.81. The normalized spacial score (nSPS) is 15.3. The first-order chi connectivity index (χ1) is 14.3. The van der Waals surface area contributed by atoms with Crippen LogP contribution in [0.2, 0.25) is 0 Å². The van der Waals surface area contributed by atoms with Gasteiger partial charge in [-0.1, -0.05) is 24.0 Å². The highest BCUT2D eigenvalue weighted by Gasteiger charge is 2.33. The Kier molecular flexibility index (Phi) is 5.23. The van der Waals surface area contributed by atoms with E-state index in [1.54, 1.807) is 12.1 Å². The number of carbonyl (C=O) groups is 2. The third-order valence-corrected chi connectivity index (χ3v) is 5.57. The van der Waals surface area contributed by atoms with Crippen LogP contribution in [0.4, 0.5) is 14.5 Å². The van der Waals surface area contributed by atoms with Gasteiger partial charge in [0.1, 0.15) is 11.5 Å². The average Bonchev–Trinajstić information content (AvgIpc) is 3.29. The lowest BCUT2D eigenvalue weighted by atomic mass is 10.1. The molecule has 0 bridgehead atoms. The molecule has 3 aromatic rings. The summed E-state index contributed by atoms with van der Waals surface area (Å²) in [6, 6.07) is 12.4. The number of carboxylic acids is 1. The molecule has 1 fully saturated rings. The number of rotatable bonds is 4. The van der Waals surface area contributed by atoms with Crippen LogP contribution in [-0.2, 0) is 4.79 Å². The molecule has 4 rings (SSSR count). The summed E-state index contributed by atoms with van der Waals surface area (Å²) >= 11 is 6.36. The molecule has 0 saturated carbocycles. The van der Waals surface area contributed by atoms with Crippen LogP contribution in [0.15, 0.2) is 63.9 Å². The number of aromatic carboxylic acids is 1. The summed E-state index contributed by atoms with van der Waals surface area (Å²) in [5.74, 6) is -2.72. The number of halogens is 2. The Labute approximate surface area is 178 Å². The molecule has 0 atom stereocenters. The topological polar surface area (TPSA) is 70.8 Å². The quantitative estimate of drug-likeness (QED) is 0.434. The molecule has 150 valence electrons. The zero-order valence-corrected chi connectivity index (χ0v) is 16.6. The second-order valence-electron chi connectivity index (χ2n) is 6.20. The lowest BCUT2D eigenvalue weighted by molar-refractivity contribution is -0.113. The summed E-state index contributed by atoms with van der Waals surface area (Å²) in [5, 5.41) is 8.99. The number of thioether (sulfide) groups is 1. The summed E-state index contributed by atoms with van der Waals surface area (Å²) in [6.45, 7) is 0. The first kappa shape index (κ1) is 20.0. The average molecular weight is 443 g/mol. The molecule has 1 saturated heterocycles. The zero-order chi connectivity index (χ0) is 21.4. The largest absolute Gasteiger partial charge is 0.478 e. The minimum absolute atomic E-state index is 0.0973. The Morgan fingerprint density at radius 2 is 1.80 bits per heavy atom. The van der Waals surface area contributed by atoms with Gasteiger partial charge in [0.25, 0.3) is 5.91 Å². The third kappa shape index (κ3) is 3.77. The lowest BCUT2D eigenvalue weighted by Crippen LogP contribution is -2.27. The molecule has 0 unspecified atom stereocenters. The van der Waals surface area contributed by atoms with Gasteiger partial charge in [-0.15, -0.1) is 0 Å². The number of anilines is 1. The van der Waals surface area contributed by atoms with Crippen LogP contribution in [0, 0.1) is 11.6 Å². The molecule has 30 heavy (non-hydrogen) atoms. The van der Waals surface area contributed by atoms with Gasteiger partial charge in [-0.3, -0.25) is 9.69 Å². The summed E-state index contributed by atoms with van der Waals surface area (Å²) < 4.78 is 32.5. The molecule has 0 radical (unpaired) electrons. The summed E-state index contributed by atoms with van der Waals surface area (Å²) in [4.78, 5) is 25.4. The van der Waals surface area contributed by atoms with Crippen molar-refractivity contribution < 1.29 is 27.9 Å². The fourth-order valence-corrected chi connectivity index (χ4v) is 4.09. The molecule has 1 aliphatic heterocycles. The van der Waals surface area contributed by atoms with Gasteiger partial charge in [0.15, 0.2) is 16.0 Å². The molecule has 1 N–H and O–H groups in total. The summed E-state index contributed by atoms with van der Waals surface area (Å²) in [6.07, 6.45) is 1.51. The SMILES string of the molecule is O=C(O)c1ccc(N2C(=O)C(=Cc3ccc(-c4ccc(F)c(F)c4)o3)SC2=S)cc1. The van der Waals surface area contributed by atoms with Gasteiger partial charge in [0.2, 0.25) is 0 Å². The van der Waals surface area contributed by atoms with Crippen LogP contribution in [0.3, 0.4) is 0 Å². The molecule has 9 heteroatoms. The first-order valence-corrected chi connectivity index (χ1v) is 9.72. The van der Waals surface area contributed by atoms with Crippen molar-refractivity contribution in [1.82, 2.24) is 0 Å². The lowest BCUT2D eigenvalue weighted by Gasteiger charge is -2.14. The first-order valence-electron chi connectivity index (χ1n) is 8.50. The third-order valence-electron chi connectivity index (χ3n) is 4.27. The summed E-state index contributed by atoms with van der Waals surface area (Å²) in [7, 11) is 0. The van der Waals surface area contributed by atoms with Gasteiger partial charge in [0, 0.05) is 11.6 Å². The molecular formula is C21H11F2NO4S2. The minimum Gasteiger partial charge on any atom is -0.478 e. The number of carbonyl (C=O) groups excluding carboxylic acids is 1. The Morgan fingerprint density at radius 1 is 1.07 bits per heavy atom. The maximum atomic E-state index is 13.4. The van der Waals surface area contributed by atoms with Crippen LogP contribution in [-0.4, -0.2) is 21.3 Å². The number of benzene rings is 2. The maximum absolute atomic E-state index is 13.4. The highest BCUT2D eigenvalue weighted by molar-refractivity contribution is 8.27. The second kappa shape index (κ2) is 7.85. The van der Waals surface area contributed by atoms with Crippen molar-refractivity contribution in [2.75, 3.05) is 4.90 Å². The van der Waals surface area contributed by atoms with E-state index in [0.717, 1.165) is 23.9 Å². The van der Waals surface area contributed by atoms with Gasteiger partial charge in [0.05, 0.1) is 16.2 Å². The smallest absolute Gasteiger partial charge is 0.335 e. The van der Waals surface area contributed by atoms with E-state index in [2.05, 4.69) is 0 Å². The van der Waals surface area contributed by atoms with Crippen molar-refractivity contribution >= 4 is 51.9 Å². The molecule has 2 heterocycles. The van der Waals surface area contributed by atoms with Crippen molar-refractivity contribution in [3.63, 3.8) is 0 Å². The van der Waals surface area contributed by atoms with E-state index in [-0.39, 0.29) is 11.5 Å². The molecular weight excluding hydrogens is 432 g/mol. The van der Waals surface area contributed by atoms with Crippen molar-refractivity contribution in [3.05, 3.63) is 82.5 Å². The van der Waals surface area contributed by atoms with Gasteiger partial charge < -0.3 is 9.52 Å². The van der Waals surface area contributed by atoms with Crippen molar-refractivity contribution in [1.29, 1.82) is 0 Å². The molecule has 0 spiro atoms. The number of hydrogen-bond donors (Lipinski definition) is 1. The van der Waals surface area contributed by atoms with Gasteiger partial charge in [-0.05, 0) is 54.6 Å². The Morgan fingerprint density at radius 3 is 2.47 bits per heavy atom. The van der Waals surface area contributed by atoms with Gasteiger partial charge >= 0.3 is 5.97 Å². The van der Waals surface area contributed by atoms with Crippen molar-refractivity contribution in [2.24, 2.45) is 0 Å². The predicted molar refractivity (Wildman–Crippen MR) is 113 cm³/mol. The molecule has 1 aromatic heterocycles. The standard InChI is InChI=1S/C21H11F2NO4S2/c22-15-7-3-12(9-16(15)23)17-8-6-14(28-17)10-18-19(25)24(21(29)30-18)13-4-1-11(2-5-13)20(26)27/h1-10H,(H,26,27). The Balaban J connectivity index is 1.58. The van der Waals surface area contributed by atoms with Gasteiger partial charge in [-0.2, -0.15) is 0 Å². The van der Waals surface area contributed by atoms with E-state index in [1.165, 1.54) is 41.3 Å². The van der Waals surface area contributed by atoms with Gasteiger partial charge in [-0.25, -0.2) is 13.6 Å². The van der Waals surface area contributed by atoms with Crippen molar-refractivity contribution in [2.45, 2.75) is 0 Å². The van der Waals surface area contributed by atoms with Crippen molar-refractivity contribution in [3.8, 4) is 11.3 Å². The van der Waals surface area contributed by atoms with Crippen LogP contribution in [0.25, 0.3) is 17.4 Å². The minimum atomic E-state index is -1.07. The number of nitrogens with zero attached hydrogens (tertiary/aromatic N) is 1. The van der Waals surface area contributed by atoms with Crippen LogP contribution >= 0.6 is 24.0 Å². The summed E-state index contributed by atoms with van der Waals surface area (Å²) in [5.41, 5.74) is 0.910. The predicted octanol–water partition coefficient (Wildman–Crippen LogP) is 5.33. The van der Waals surface area contributed by atoms with E-state index >= 15 is 0 Å². The van der Waals surface area contributed by atoms with E-state index in [4.69, 9.17) is 21.7 Å². The van der Waals surface area contributed by atoms with E-state index in [9.17, 15) is 18.4 Å². The number of carboxylic acid groups (broad SMARTS) is 1. The number of amides is 1. The number of hydrogen-bond acceptors (Lipinski definition) is 5. The van der Waals surface area contributed by atoms with E-state index < -0.39 is 17.6 Å². The number of thiocarbonyl (C=S) groups is 1. The second-order valence-corrected chi connectivity index (χ2v) is 7.88. The fraction of sp³-hybridized carbons (Fsp3) is 0. The molecule has 0 aliphatic carbocycles. The zero-order valence-electron chi connectivity index (χ0n) is 15.0. The highest BCUT2D eigenvalue weighted by atomic mass is 32.2. The molecule has 2 aromatic carbocycles. The maximum Gasteiger partial charge on any atom is 0.335 e. The van der Waals surface area contributed by atoms with Crippen LogP contribution in [0.5, 0.6) is 0 Å². The van der Waals surface area contributed by atoms with Crippen LogP contribution < -0.4 is 4.90 Å². The van der Waals surface area contributed by atoms with E-state index in [0.29, 0.717) is 32.0 Å². The number of furan rings is 1. The Bertz CT molecular complexity index is 1220. The monoisotopic (exact) mass is 443 g/mol. The highest BCUT2D eigenvalue weighted by Crippen LogP contribution is 2.36. The molecule has 1 aliphatic rings. The van der Waals surface area contributed by atoms with E-state index in [1.807, 2.05) is 0 Å². The molecule has 5 nitrogen and oxygen atoms in total. The Hall–Kier alpha value is -3.30. The van der Waals surface area contributed by atoms with Crippen LogP contribution in [0.1, 0.15) is 16.1 Å². The molecule has 1 amide bonds.